The van der Waals surface area contributed by atoms with E-state index in [0.717, 1.165) is 44.9 Å². The summed E-state index contributed by atoms with van der Waals surface area (Å²) in [5.74, 6) is -0.676. The number of amides is 1. The Labute approximate surface area is 320 Å². The molecular formula is C43H83NO8. The van der Waals surface area contributed by atoms with Gasteiger partial charge in [0.2, 0.25) is 0 Å². The van der Waals surface area contributed by atoms with Crippen LogP contribution in [0.25, 0.3) is 0 Å². The Morgan fingerprint density at radius 3 is 1.42 bits per heavy atom. The van der Waals surface area contributed by atoms with Crippen LogP contribution < -0.4 is 5.32 Å². The number of ether oxygens (including phenoxy) is 5. The van der Waals surface area contributed by atoms with E-state index in [1.165, 1.54) is 103 Å². The molecule has 0 saturated heterocycles. The van der Waals surface area contributed by atoms with E-state index in [4.69, 9.17) is 23.7 Å². The number of unbranched alkanes of at least 4 members (excludes halogenated alkanes) is 20. The molecule has 308 valence electrons. The minimum Gasteiger partial charge on any atom is -0.462 e. The van der Waals surface area contributed by atoms with Crippen LogP contribution >= 0.6 is 0 Å². The Kier molecular flexibility index (Phi) is 32.5. The average molecular weight is 742 g/mol. The minimum absolute atomic E-state index is 0.132. The summed E-state index contributed by atoms with van der Waals surface area (Å²) in [6.45, 7) is 13.1. The molecule has 0 aliphatic heterocycles. The average Bonchev–Trinajstić information content (AvgIpc) is 3.10. The van der Waals surface area contributed by atoms with Gasteiger partial charge in [-0.15, -0.1) is 0 Å². The summed E-state index contributed by atoms with van der Waals surface area (Å²) < 4.78 is 28.0. The van der Waals surface area contributed by atoms with E-state index in [9.17, 15) is 14.4 Å². The third-order valence-electron chi connectivity index (χ3n) is 9.84. The molecule has 52 heavy (non-hydrogen) atoms. The molecule has 0 aromatic rings. The third kappa shape index (κ3) is 33.9. The highest BCUT2D eigenvalue weighted by atomic mass is 16.6. The fourth-order valence-corrected chi connectivity index (χ4v) is 5.92. The quantitative estimate of drug-likeness (QED) is 0.0381. The maximum absolute atomic E-state index is 12.7. The molecule has 0 aromatic carbocycles. The van der Waals surface area contributed by atoms with Crippen LogP contribution in [-0.2, 0) is 33.3 Å². The lowest BCUT2D eigenvalue weighted by Gasteiger charge is -2.29. The molecule has 0 saturated carbocycles. The molecule has 9 nitrogen and oxygen atoms in total. The topological polar surface area (TPSA) is 109 Å². The SMILES string of the molecule is CCCCCCCCCCCCCC(=O)OCC(COC(=O)NCCC(C)(C)OCCC(C)(C)OC)OC(=O)CCCCCCCCCCCCC. The van der Waals surface area contributed by atoms with Gasteiger partial charge in [0.1, 0.15) is 13.2 Å². The van der Waals surface area contributed by atoms with Crippen molar-refractivity contribution in [1.82, 2.24) is 5.32 Å². The molecule has 0 bridgehead atoms. The first kappa shape index (κ1) is 50.1. The maximum atomic E-state index is 12.7. The summed E-state index contributed by atoms with van der Waals surface area (Å²) in [6.07, 6.45) is 27.0. The lowest BCUT2D eigenvalue weighted by molar-refractivity contribution is -0.161. The van der Waals surface area contributed by atoms with Crippen molar-refractivity contribution in [3.63, 3.8) is 0 Å². The van der Waals surface area contributed by atoms with Gasteiger partial charge < -0.3 is 29.0 Å². The number of hydrogen-bond acceptors (Lipinski definition) is 8. The van der Waals surface area contributed by atoms with Crippen molar-refractivity contribution < 1.29 is 38.1 Å². The number of esters is 2. The van der Waals surface area contributed by atoms with Gasteiger partial charge in [0.25, 0.3) is 0 Å². The zero-order valence-corrected chi connectivity index (χ0v) is 35.1. The van der Waals surface area contributed by atoms with Crippen molar-refractivity contribution in [1.29, 1.82) is 0 Å². The number of methoxy groups -OCH3 is 1. The molecule has 1 atom stereocenters. The molecule has 1 N–H and O–H groups in total. The Hall–Kier alpha value is -1.87. The molecule has 0 aliphatic rings. The van der Waals surface area contributed by atoms with Gasteiger partial charge in [-0.2, -0.15) is 0 Å². The molecule has 0 aromatic heterocycles. The van der Waals surface area contributed by atoms with Crippen molar-refractivity contribution >= 4 is 18.0 Å². The molecule has 0 spiro atoms. The first-order chi connectivity index (χ1) is 24.9. The Balaban J connectivity index is 4.56. The predicted molar refractivity (Wildman–Crippen MR) is 213 cm³/mol. The minimum atomic E-state index is -0.851. The largest absolute Gasteiger partial charge is 0.462 e. The lowest BCUT2D eigenvalue weighted by Crippen LogP contribution is -2.36. The van der Waals surface area contributed by atoms with Gasteiger partial charge in [0, 0.05) is 26.5 Å². The van der Waals surface area contributed by atoms with Crippen LogP contribution in [0.4, 0.5) is 4.79 Å². The van der Waals surface area contributed by atoms with E-state index in [2.05, 4.69) is 19.2 Å². The third-order valence-corrected chi connectivity index (χ3v) is 9.84. The van der Waals surface area contributed by atoms with E-state index in [-0.39, 0.29) is 30.8 Å². The van der Waals surface area contributed by atoms with E-state index in [1.807, 2.05) is 27.7 Å². The molecule has 0 heterocycles. The first-order valence-corrected chi connectivity index (χ1v) is 21.4. The van der Waals surface area contributed by atoms with Gasteiger partial charge >= 0.3 is 18.0 Å². The summed E-state index contributed by atoms with van der Waals surface area (Å²) >= 11 is 0. The summed E-state index contributed by atoms with van der Waals surface area (Å²) in [7, 11) is 1.69. The molecule has 0 radical (unpaired) electrons. The van der Waals surface area contributed by atoms with Crippen LogP contribution in [0.2, 0.25) is 0 Å². The van der Waals surface area contributed by atoms with E-state index >= 15 is 0 Å². The fraction of sp³-hybridized carbons (Fsp3) is 0.930. The summed E-state index contributed by atoms with van der Waals surface area (Å²) in [5, 5.41) is 2.76. The smallest absolute Gasteiger partial charge is 0.407 e. The zero-order valence-electron chi connectivity index (χ0n) is 35.1. The van der Waals surface area contributed by atoms with Gasteiger partial charge in [-0.25, -0.2) is 4.79 Å². The van der Waals surface area contributed by atoms with Crippen molar-refractivity contribution in [3.8, 4) is 0 Å². The molecule has 0 rings (SSSR count). The zero-order chi connectivity index (χ0) is 38.8. The van der Waals surface area contributed by atoms with Crippen molar-refractivity contribution in [2.24, 2.45) is 0 Å². The molecule has 0 aliphatic carbocycles. The maximum Gasteiger partial charge on any atom is 0.407 e. The van der Waals surface area contributed by atoms with E-state index in [0.29, 0.717) is 32.4 Å². The Morgan fingerprint density at radius 2 is 0.962 bits per heavy atom. The van der Waals surface area contributed by atoms with Gasteiger partial charge in [0.15, 0.2) is 6.10 Å². The van der Waals surface area contributed by atoms with Crippen molar-refractivity contribution in [2.45, 2.75) is 226 Å². The summed E-state index contributed by atoms with van der Waals surface area (Å²) in [4.78, 5) is 37.7. The summed E-state index contributed by atoms with van der Waals surface area (Å²) in [5.41, 5.74) is -0.697. The van der Waals surface area contributed by atoms with E-state index in [1.54, 1.807) is 7.11 Å². The highest BCUT2D eigenvalue weighted by Crippen LogP contribution is 2.19. The molecule has 0 fully saturated rings. The normalized spacial score (nSPS) is 12.4. The lowest BCUT2D eigenvalue weighted by atomic mass is 10.0. The van der Waals surface area contributed by atoms with Crippen LogP contribution in [-0.4, -0.2) is 68.8 Å². The number of hydrogen-bond donors (Lipinski definition) is 1. The Bertz CT molecular complexity index is 862. The van der Waals surface area contributed by atoms with Crippen LogP contribution in [0.1, 0.15) is 208 Å². The van der Waals surface area contributed by atoms with Gasteiger partial charge in [-0.05, 0) is 53.4 Å². The second-order valence-corrected chi connectivity index (χ2v) is 16.0. The predicted octanol–water partition coefficient (Wildman–Crippen LogP) is 11.6. The summed E-state index contributed by atoms with van der Waals surface area (Å²) in [6, 6.07) is 0. The van der Waals surface area contributed by atoms with Gasteiger partial charge in [-0.1, -0.05) is 142 Å². The number of rotatable bonds is 37. The second-order valence-electron chi connectivity index (χ2n) is 16.0. The van der Waals surface area contributed by atoms with Crippen LogP contribution in [0.5, 0.6) is 0 Å². The molecule has 1 unspecified atom stereocenters. The molecule has 9 heteroatoms. The van der Waals surface area contributed by atoms with Crippen LogP contribution in [0.3, 0.4) is 0 Å². The first-order valence-electron chi connectivity index (χ1n) is 21.4. The number of alkyl carbamates (subject to hydrolysis) is 1. The van der Waals surface area contributed by atoms with Crippen molar-refractivity contribution in [3.05, 3.63) is 0 Å². The number of nitrogens with one attached hydrogen (secondary N) is 1. The second kappa shape index (κ2) is 33.7. The van der Waals surface area contributed by atoms with Gasteiger partial charge in [0.05, 0.1) is 17.8 Å². The highest BCUT2D eigenvalue weighted by Gasteiger charge is 2.23. The number of carbonyl (C=O) groups excluding carboxylic acids is 3. The van der Waals surface area contributed by atoms with Crippen molar-refractivity contribution in [2.75, 3.05) is 33.5 Å². The highest BCUT2D eigenvalue weighted by molar-refractivity contribution is 5.70. The van der Waals surface area contributed by atoms with Crippen LogP contribution in [0, 0.1) is 0 Å². The number of carbonyl (C=O) groups is 3. The molecule has 1 amide bonds. The fourth-order valence-electron chi connectivity index (χ4n) is 5.92. The molecular weight excluding hydrogens is 658 g/mol. The van der Waals surface area contributed by atoms with E-state index < -0.39 is 17.8 Å². The Morgan fingerprint density at radius 1 is 0.538 bits per heavy atom. The van der Waals surface area contributed by atoms with Gasteiger partial charge in [-0.3, -0.25) is 9.59 Å². The monoisotopic (exact) mass is 742 g/mol. The van der Waals surface area contributed by atoms with Crippen LogP contribution in [0.15, 0.2) is 0 Å². The standard InChI is InChI=1S/C43H83NO8/c1-8-10-12-14-16-18-20-22-24-26-28-30-39(45)49-36-38(52-40(46)31-29-27-25-23-21-19-17-15-13-11-9-2)37-50-41(47)44-34-32-43(5,6)51-35-33-42(3,4)48-7/h38H,8-37H2,1-7H3,(H,44,47).